The van der Waals surface area contributed by atoms with Gasteiger partial charge in [-0.1, -0.05) is 0 Å². The molecule has 15 heteroatoms. The second-order valence-electron chi connectivity index (χ2n) is 10.4. The van der Waals surface area contributed by atoms with Gasteiger partial charge in [-0.25, -0.2) is 4.39 Å². The van der Waals surface area contributed by atoms with E-state index in [9.17, 15) is 29.4 Å². The van der Waals surface area contributed by atoms with E-state index in [2.05, 4.69) is 4.99 Å². The first kappa shape index (κ1) is 33.9. The maximum Gasteiger partial charge on any atom is 1.00 e. The van der Waals surface area contributed by atoms with Crippen molar-refractivity contribution < 1.29 is 88.1 Å². The van der Waals surface area contributed by atoms with Crippen molar-refractivity contribution in [3.8, 4) is 0 Å². The summed E-state index contributed by atoms with van der Waals surface area (Å²) in [5, 5.41) is 22.6. The summed E-state index contributed by atoms with van der Waals surface area (Å²) >= 11 is 1.40. The number of aromatic nitrogens is 1. The van der Waals surface area contributed by atoms with Crippen LogP contribution in [0.5, 0.6) is 0 Å². The Morgan fingerprint density at radius 1 is 1.15 bits per heavy atom. The number of halogens is 1. The average molecular weight is 604 g/mol. The Morgan fingerprint density at radius 2 is 1.85 bits per heavy atom. The number of carbonyl (C=O) groups excluding carboxylic acids is 3. The van der Waals surface area contributed by atoms with Crippen LogP contribution in [0.1, 0.15) is 37.6 Å². The largest absolute Gasteiger partial charge is 1.00 e. The van der Waals surface area contributed by atoms with Gasteiger partial charge in [-0.15, -0.1) is 11.8 Å². The zero-order chi connectivity index (χ0) is 28.2. The second-order valence-corrected chi connectivity index (χ2v) is 12.2. The van der Waals surface area contributed by atoms with E-state index in [1.807, 2.05) is 9.80 Å². The first-order chi connectivity index (χ1) is 18.4. The molecule has 0 N–H and O–H groups in total. The van der Waals surface area contributed by atoms with Crippen molar-refractivity contribution in [1.29, 1.82) is 0 Å². The fourth-order valence-electron chi connectivity index (χ4n) is 5.62. The predicted molar refractivity (Wildman–Crippen MR) is 140 cm³/mol. The van der Waals surface area contributed by atoms with Crippen molar-refractivity contribution in [2.45, 2.75) is 55.9 Å². The SMILES string of the molecule is CCn1cc(C(=O)[O-])c(=O)c2cc(F)c(N3CCCN(C=N[C@H]4C(=O)N5[C@H]4SC(C)(C)[C@H]5C(=O)[O-])CC3)cc21.[Na+].[Na+]. The summed E-state index contributed by atoms with van der Waals surface area (Å²) in [6, 6.07) is 1.01. The molecular formula is C26H28FN5Na2O6S. The molecule has 3 fully saturated rings. The Balaban J connectivity index is 0.00000231. The minimum Gasteiger partial charge on any atom is -0.548 e. The van der Waals surface area contributed by atoms with Crippen molar-refractivity contribution in [3.63, 3.8) is 0 Å². The quantitative estimate of drug-likeness (QED) is 0.136. The number of carbonyl (C=O) groups is 3. The fourth-order valence-corrected chi connectivity index (χ4v) is 7.24. The molecule has 3 saturated heterocycles. The van der Waals surface area contributed by atoms with Gasteiger partial charge in [0, 0.05) is 49.1 Å². The van der Waals surface area contributed by atoms with Crippen LogP contribution in [-0.2, 0) is 16.1 Å². The average Bonchev–Trinajstić information content (AvgIpc) is 2.98. The van der Waals surface area contributed by atoms with Gasteiger partial charge in [0.15, 0.2) is 11.5 Å². The predicted octanol–water partition coefficient (Wildman–Crippen LogP) is -6.75. The number of thioether (sulfide) groups is 1. The second kappa shape index (κ2) is 12.9. The van der Waals surface area contributed by atoms with Crippen molar-refractivity contribution in [2.75, 3.05) is 31.1 Å². The minimum atomic E-state index is -1.60. The number of pyridine rings is 1. The monoisotopic (exact) mass is 603 g/mol. The number of β-lactam (4-membered cyclic amide) rings is 1. The molecule has 3 aliphatic rings. The summed E-state index contributed by atoms with van der Waals surface area (Å²) in [6.07, 6.45) is 3.52. The number of anilines is 1. The van der Waals surface area contributed by atoms with Gasteiger partial charge < -0.3 is 39.1 Å². The maximum atomic E-state index is 15.2. The number of fused-ring (bicyclic) bond motifs is 2. The molecule has 1 amide bonds. The van der Waals surface area contributed by atoms with Crippen LogP contribution in [0.25, 0.3) is 10.9 Å². The fraction of sp³-hybridized carbons (Fsp3) is 0.500. The van der Waals surface area contributed by atoms with Gasteiger partial charge in [-0.3, -0.25) is 14.6 Å². The van der Waals surface area contributed by atoms with E-state index in [0.29, 0.717) is 50.3 Å². The molecule has 41 heavy (non-hydrogen) atoms. The van der Waals surface area contributed by atoms with E-state index in [1.54, 1.807) is 37.7 Å². The molecule has 1 aromatic heterocycles. The van der Waals surface area contributed by atoms with Crippen LogP contribution in [-0.4, -0.2) is 86.9 Å². The number of aliphatic carboxylic acids is 1. The smallest absolute Gasteiger partial charge is 0.548 e. The van der Waals surface area contributed by atoms with Crippen molar-refractivity contribution in [1.82, 2.24) is 14.4 Å². The Bertz CT molecular complexity index is 1470. The molecule has 2 aromatic rings. The van der Waals surface area contributed by atoms with Gasteiger partial charge in [-0.2, -0.15) is 0 Å². The molecule has 0 bridgehead atoms. The third-order valence-corrected chi connectivity index (χ3v) is 9.16. The number of amides is 1. The number of nitrogens with zero attached hydrogens (tertiary/aromatic N) is 5. The van der Waals surface area contributed by atoms with Crippen molar-refractivity contribution in [3.05, 3.63) is 39.9 Å². The Labute approximate surface area is 284 Å². The Morgan fingerprint density at radius 3 is 2.49 bits per heavy atom. The van der Waals surface area contributed by atoms with Crippen LogP contribution in [0.15, 0.2) is 28.1 Å². The zero-order valence-corrected chi connectivity index (χ0v) is 28.6. The molecule has 1 aromatic carbocycles. The summed E-state index contributed by atoms with van der Waals surface area (Å²) in [6.45, 7) is 7.85. The third-order valence-electron chi connectivity index (χ3n) is 7.61. The number of aliphatic imine (C=N–C) groups is 1. The Hall–Kier alpha value is -1.61. The molecule has 0 spiro atoms. The summed E-state index contributed by atoms with van der Waals surface area (Å²) in [7, 11) is 0. The Kier molecular flexibility index (Phi) is 10.7. The number of hydrogen-bond donors (Lipinski definition) is 0. The van der Waals surface area contributed by atoms with Crippen molar-refractivity contribution >= 4 is 52.5 Å². The number of carboxylic acids is 2. The van der Waals surface area contributed by atoms with E-state index in [4.69, 9.17) is 0 Å². The van der Waals surface area contributed by atoms with E-state index in [0.717, 1.165) is 6.07 Å². The third kappa shape index (κ3) is 6.09. The molecule has 0 aliphatic carbocycles. The first-order valence-corrected chi connectivity index (χ1v) is 13.6. The molecule has 0 radical (unpaired) electrons. The summed E-state index contributed by atoms with van der Waals surface area (Å²) in [5.41, 5.74) is -0.542. The molecule has 3 aliphatic heterocycles. The number of rotatable bonds is 6. The molecule has 0 saturated carbocycles. The molecule has 4 heterocycles. The maximum absolute atomic E-state index is 15.2. The molecule has 0 unspecified atom stereocenters. The van der Waals surface area contributed by atoms with Crippen LogP contribution < -0.4 is 79.7 Å². The van der Waals surface area contributed by atoms with Crippen LogP contribution in [0.2, 0.25) is 0 Å². The van der Waals surface area contributed by atoms with Gasteiger partial charge in [0.2, 0.25) is 0 Å². The van der Waals surface area contributed by atoms with Crippen LogP contribution >= 0.6 is 11.8 Å². The van der Waals surface area contributed by atoms with Gasteiger partial charge in [0.25, 0.3) is 5.91 Å². The van der Waals surface area contributed by atoms with Crippen LogP contribution in [0, 0.1) is 5.82 Å². The molecule has 208 valence electrons. The molecule has 3 atom stereocenters. The van der Waals surface area contributed by atoms with Crippen LogP contribution in [0.3, 0.4) is 0 Å². The van der Waals surface area contributed by atoms with E-state index in [-0.39, 0.29) is 75.8 Å². The number of benzene rings is 1. The van der Waals surface area contributed by atoms with E-state index in [1.165, 1.54) is 22.9 Å². The topological polar surface area (TPSA) is 141 Å². The van der Waals surface area contributed by atoms with Gasteiger partial charge in [-0.05, 0) is 39.3 Å². The first-order valence-electron chi connectivity index (χ1n) is 12.8. The molecule has 11 nitrogen and oxygen atoms in total. The van der Waals surface area contributed by atoms with Gasteiger partial charge in [0.05, 0.1) is 41.1 Å². The number of aromatic carboxylic acids is 1. The summed E-state index contributed by atoms with van der Waals surface area (Å²) < 4.78 is 16.1. The van der Waals surface area contributed by atoms with Crippen molar-refractivity contribution in [2.24, 2.45) is 4.99 Å². The minimum absolute atomic E-state index is 0. The standard InChI is InChI=1S/C26H30FN5O6S.2Na/c1-4-30-12-15(24(35)36)20(33)14-10-16(27)18(11-17(14)30)31-7-5-6-29(8-9-31)13-28-19-22(34)32-21(25(37)38)26(2,3)39-23(19)32;;/h10-13,19,21,23H,4-9H2,1-3H3,(H,35,36)(H,37,38);;/q;2*+1/p-2/t19-,21+,23-;;/m0../s1. The van der Waals surface area contributed by atoms with Crippen LogP contribution in [0.4, 0.5) is 10.1 Å². The summed E-state index contributed by atoms with van der Waals surface area (Å²) in [4.78, 5) is 57.9. The number of aryl methyl sites for hydroxylation is 1. The zero-order valence-electron chi connectivity index (χ0n) is 23.8. The number of hydrogen-bond acceptors (Lipinski definition) is 9. The molecular weight excluding hydrogens is 575 g/mol. The summed E-state index contributed by atoms with van der Waals surface area (Å²) in [5.74, 6) is -3.83. The van der Waals surface area contributed by atoms with E-state index < -0.39 is 45.6 Å². The number of carboxylic acid groups (broad SMARTS) is 2. The van der Waals surface area contributed by atoms with E-state index >= 15 is 4.39 Å². The molecule has 5 rings (SSSR count). The van der Waals surface area contributed by atoms with Gasteiger partial charge in [0.1, 0.15) is 11.2 Å². The normalized spacial score (nSPS) is 23.5. The van der Waals surface area contributed by atoms with Gasteiger partial charge >= 0.3 is 59.1 Å².